The number of carboxylic acids is 1. The number of carbonyl (C=O) groups is 3. The highest BCUT2D eigenvalue weighted by molar-refractivity contribution is 7.47. The van der Waals surface area contributed by atoms with Gasteiger partial charge in [-0.15, -0.1) is 0 Å². The lowest BCUT2D eigenvalue weighted by Crippen LogP contribution is -2.34. The fraction of sp³-hybridized carbons (Fsp3) is 0.854. The molecule has 8 atom stereocenters. The molecular weight excluding hydrogens is 829 g/mol. The summed E-state index contributed by atoms with van der Waals surface area (Å²) in [5.41, 5.74) is 5.34. The highest BCUT2D eigenvalue weighted by atomic mass is 31.2. The molecule has 0 amide bonds. The van der Waals surface area contributed by atoms with Crippen LogP contribution in [0.1, 0.15) is 200 Å². The molecule has 0 aromatic carbocycles. The second kappa shape index (κ2) is 38.0. The molecule has 0 aromatic rings. The van der Waals surface area contributed by atoms with Crippen LogP contribution in [-0.4, -0.2) is 93.5 Å². The zero-order valence-corrected chi connectivity index (χ0v) is 39.9. The van der Waals surface area contributed by atoms with E-state index in [1.807, 2.05) is 0 Å². The fourth-order valence-electron chi connectivity index (χ4n) is 7.86. The molecule has 0 radical (unpaired) electrons. The molecule has 1 aliphatic rings. The molecule has 15 heteroatoms. The van der Waals surface area contributed by atoms with Crippen molar-refractivity contribution in [1.82, 2.24) is 0 Å². The van der Waals surface area contributed by atoms with Crippen molar-refractivity contribution in [2.75, 3.05) is 19.8 Å². The Balaban J connectivity index is 2.42. The van der Waals surface area contributed by atoms with E-state index < -0.39 is 76.0 Å². The number of phosphoric acid groups is 1. The van der Waals surface area contributed by atoms with Gasteiger partial charge in [0.15, 0.2) is 6.10 Å². The van der Waals surface area contributed by atoms with Gasteiger partial charge in [0.05, 0.1) is 37.9 Å². The Kier molecular flexibility index (Phi) is 35.5. The van der Waals surface area contributed by atoms with Crippen molar-refractivity contribution in [1.29, 1.82) is 0 Å². The number of aliphatic hydroxyl groups is 3. The van der Waals surface area contributed by atoms with Gasteiger partial charge in [-0.3, -0.25) is 23.4 Å². The summed E-state index contributed by atoms with van der Waals surface area (Å²) in [5.74, 6) is -3.37. The number of esters is 2. The molecule has 0 spiro atoms. The van der Waals surface area contributed by atoms with Gasteiger partial charge in [-0.05, 0) is 25.2 Å². The number of carbonyl (C=O) groups excluding carboxylic acids is 2. The normalized spacial score (nSPS) is 20.2. The van der Waals surface area contributed by atoms with E-state index in [0.29, 0.717) is 19.3 Å². The van der Waals surface area contributed by atoms with E-state index in [4.69, 9.17) is 24.8 Å². The van der Waals surface area contributed by atoms with E-state index in [-0.39, 0.29) is 31.1 Å². The quantitative estimate of drug-likeness (QED) is 0.0145. The molecule has 0 aliphatic heterocycles. The van der Waals surface area contributed by atoms with Gasteiger partial charge >= 0.3 is 25.7 Å². The maximum absolute atomic E-state index is 12.7. The first-order valence-electron chi connectivity index (χ1n) is 24.6. The Labute approximate surface area is 379 Å². The molecule has 0 aromatic heterocycles. The van der Waals surface area contributed by atoms with Crippen molar-refractivity contribution in [3.63, 3.8) is 0 Å². The van der Waals surface area contributed by atoms with Gasteiger partial charge in [0.2, 0.25) is 0 Å². The zero-order valence-electron chi connectivity index (χ0n) is 39.0. The number of carboxylic acid groups (broad SMARTS) is 1. The van der Waals surface area contributed by atoms with Gasteiger partial charge in [-0.25, -0.2) is 4.57 Å². The molecule has 1 fully saturated rings. The standard InChI is InChI=1S/C48H88NO13P/c1-3-5-7-8-9-10-11-12-13-14-15-16-17-18-19-20-21-22-23-24-26-32-47(54)62-40(37-60-63(57,58)61-38-43(49)48(55)56)36-59-46(53)31-28-27-30-41-42(45(52)35-44(41)51)34-33-39(50)29-25-6-4-2/h27-28,33-34,39-45,50-52H,3-26,29-32,35-38,49H2,1-2H3,(H,55,56)(H,57,58)/b28-27-,34-33+/t39-,40-,41+,42-,43+,44+,45-/m1/s1. The van der Waals surface area contributed by atoms with E-state index in [2.05, 4.69) is 18.4 Å². The monoisotopic (exact) mass is 918 g/mol. The molecule has 1 rings (SSSR count). The van der Waals surface area contributed by atoms with Gasteiger partial charge in [0.1, 0.15) is 12.6 Å². The lowest BCUT2D eigenvalue weighted by molar-refractivity contribution is -0.160. The topological polar surface area (TPSA) is 232 Å². The molecule has 1 aliphatic carbocycles. The number of nitrogens with two attached hydrogens (primary N) is 1. The third kappa shape index (κ3) is 32.2. The van der Waals surface area contributed by atoms with E-state index in [0.717, 1.165) is 44.9 Å². The number of unbranched alkanes of at least 4 members (excludes halogenated alkanes) is 22. The van der Waals surface area contributed by atoms with E-state index in [1.165, 1.54) is 103 Å². The Bertz CT molecular complexity index is 1280. The number of aliphatic hydroxyl groups excluding tert-OH is 3. The average molecular weight is 918 g/mol. The summed E-state index contributed by atoms with van der Waals surface area (Å²) in [4.78, 5) is 46.4. The number of allylic oxidation sites excluding steroid dienone is 1. The number of hydrogen-bond acceptors (Lipinski definition) is 12. The van der Waals surface area contributed by atoms with Crippen molar-refractivity contribution < 1.29 is 62.8 Å². The number of hydrogen-bond donors (Lipinski definition) is 6. The molecule has 63 heavy (non-hydrogen) atoms. The van der Waals surface area contributed by atoms with Gasteiger partial charge in [-0.1, -0.05) is 186 Å². The van der Waals surface area contributed by atoms with E-state index in [1.54, 1.807) is 24.3 Å². The molecule has 1 saturated carbocycles. The van der Waals surface area contributed by atoms with Gasteiger partial charge in [0, 0.05) is 18.8 Å². The number of aliphatic carboxylic acids is 1. The smallest absolute Gasteiger partial charge is 0.472 e. The van der Waals surface area contributed by atoms with Gasteiger partial charge in [0.25, 0.3) is 0 Å². The van der Waals surface area contributed by atoms with E-state index >= 15 is 0 Å². The maximum Gasteiger partial charge on any atom is 0.472 e. The highest BCUT2D eigenvalue weighted by Crippen LogP contribution is 2.43. The van der Waals surface area contributed by atoms with Crippen LogP contribution in [0.4, 0.5) is 0 Å². The molecule has 14 nitrogen and oxygen atoms in total. The number of rotatable bonds is 42. The lowest BCUT2D eigenvalue weighted by atomic mass is 9.89. The van der Waals surface area contributed by atoms with Crippen LogP contribution in [0.5, 0.6) is 0 Å². The Morgan fingerprint density at radius 1 is 0.683 bits per heavy atom. The Hall–Kier alpha value is -2.16. The molecule has 0 saturated heterocycles. The predicted octanol–water partition coefficient (Wildman–Crippen LogP) is 9.78. The van der Waals surface area contributed by atoms with Crippen molar-refractivity contribution >= 4 is 25.7 Å². The molecular formula is C48H88NO13P. The summed E-state index contributed by atoms with van der Waals surface area (Å²) in [6.45, 7) is 2.40. The second-order valence-electron chi connectivity index (χ2n) is 17.6. The van der Waals surface area contributed by atoms with Crippen LogP contribution >= 0.6 is 7.82 Å². The SMILES string of the molecule is CCCCCCCCCCCCCCCCCCCCCCCC(=O)O[C@H](COC(=O)C/C=C\C[C@H]1[C@@H](/C=C/[C@H](O)CCCCC)[C@H](O)C[C@@H]1O)COP(=O)(O)OC[C@H](N)C(=O)O. The minimum absolute atomic E-state index is 0.0999. The summed E-state index contributed by atoms with van der Waals surface area (Å²) in [7, 11) is -4.80. The molecule has 0 heterocycles. The third-order valence-electron chi connectivity index (χ3n) is 11.8. The predicted molar refractivity (Wildman–Crippen MR) is 247 cm³/mol. The van der Waals surface area contributed by atoms with Crippen molar-refractivity contribution in [3.8, 4) is 0 Å². The summed E-state index contributed by atoms with van der Waals surface area (Å²) in [5, 5.41) is 40.3. The van der Waals surface area contributed by atoms with Crippen molar-refractivity contribution in [2.45, 2.75) is 231 Å². The van der Waals surface area contributed by atoms with Crippen LogP contribution in [0.2, 0.25) is 0 Å². The van der Waals surface area contributed by atoms with Crippen molar-refractivity contribution in [2.24, 2.45) is 17.6 Å². The number of ether oxygens (including phenoxy) is 2. The average Bonchev–Trinajstić information content (AvgIpc) is 3.52. The van der Waals surface area contributed by atoms with Crippen LogP contribution < -0.4 is 5.73 Å². The van der Waals surface area contributed by atoms with Crippen molar-refractivity contribution in [3.05, 3.63) is 24.3 Å². The minimum Gasteiger partial charge on any atom is -0.480 e. The summed E-state index contributed by atoms with van der Waals surface area (Å²) in [6, 6.07) is -1.57. The Morgan fingerprint density at radius 2 is 1.17 bits per heavy atom. The first kappa shape index (κ1) is 58.9. The maximum atomic E-state index is 12.7. The summed E-state index contributed by atoms with van der Waals surface area (Å²) in [6.07, 6.45) is 33.7. The van der Waals surface area contributed by atoms with Crippen LogP contribution in [0, 0.1) is 11.8 Å². The molecule has 0 bridgehead atoms. The third-order valence-corrected chi connectivity index (χ3v) is 12.8. The largest absolute Gasteiger partial charge is 0.480 e. The first-order valence-corrected chi connectivity index (χ1v) is 26.1. The minimum atomic E-state index is -4.80. The van der Waals surface area contributed by atoms with Gasteiger partial charge < -0.3 is 40.5 Å². The molecule has 368 valence electrons. The van der Waals surface area contributed by atoms with Gasteiger partial charge in [-0.2, -0.15) is 0 Å². The number of phosphoric ester groups is 1. The molecule has 7 N–H and O–H groups in total. The summed E-state index contributed by atoms with van der Waals surface area (Å²) < 4.78 is 32.7. The first-order chi connectivity index (χ1) is 30.3. The Morgan fingerprint density at radius 3 is 1.70 bits per heavy atom. The highest BCUT2D eigenvalue weighted by Gasteiger charge is 2.39. The second-order valence-corrected chi connectivity index (χ2v) is 19.0. The van der Waals surface area contributed by atoms with Crippen LogP contribution in [-0.2, 0) is 37.5 Å². The summed E-state index contributed by atoms with van der Waals surface area (Å²) >= 11 is 0. The molecule has 1 unspecified atom stereocenters. The fourth-order valence-corrected chi connectivity index (χ4v) is 8.64. The van der Waals surface area contributed by atoms with Crippen LogP contribution in [0.3, 0.4) is 0 Å². The zero-order chi connectivity index (χ0) is 46.6. The lowest BCUT2D eigenvalue weighted by Gasteiger charge is -2.20. The van der Waals surface area contributed by atoms with E-state index in [9.17, 15) is 39.2 Å². The van der Waals surface area contributed by atoms with Crippen LogP contribution in [0.15, 0.2) is 24.3 Å². The van der Waals surface area contributed by atoms with Crippen LogP contribution in [0.25, 0.3) is 0 Å².